The summed E-state index contributed by atoms with van der Waals surface area (Å²) in [6.07, 6.45) is 9.10. The van der Waals surface area contributed by atoms with Crippen LogP contribution in [0.5, 0.6) is 0 Å². The molecule has 2 aliphatic carbocycles. The normalized spacial score (nSPS) is 25.3. The summed E-state index contributed by atoms with van der Waals surface area (Å²) in [6.45, 7) is 2.19. The molecule has 1 atom stereocenters. The zero-order valence-electron chi connectivity index (χ0n) is 16.7. The number of benzene rings is 1. The Morgan fingerprint density at radius 2 is 2.04 bits per heavy atom. The van der Waals surface area contributed by atoms with Crippen LogP contribution in [0.1, 0.15) is 58.3 Å². The second-order valence-corrected chi connectivity index (χ2v) is 8.88. The quantitative estimate of drug-likeness (QED) is 0.677. The van der Waals surface area contributed by atoms with Crippen LogP contribution < -0.4 is 10.6 Å². The van der Waals surface area contributed by atoms with Crippen molar-refractivity contribution in [2.75, 3.05) is 17.2 Å². The van der Waals surface area contributed by atoms with Crippen molar-refractivity contribution in [2.24, 2.45) is 11.3 Å². The highest BCUT2D eigenvalue weighted by atomic mass is 16.3. The Morgan fingerprint density at radius 3 is 2.79 bits per heavy atom. The van der Waals surface area contributed by atoms with Crippen molar-refractivity contribution in [1.29, 1.82) is 0 Å². The van der Waals surface area contributed by atoms with Crippen molar-refractivity contribution in [3.63, 3.8) is 0 Å². The maximum atomic E-state index is 12.9. The molecule has 0 saturated heterocycles. The van der Waals surface area contributed by atoms with Gasteiger partial charge in [0.25, 0.3) is 0 Å². The van der Waals surface area contributed by atoms with E-state index in [4.69, 9.17) is 0 Å². The fourth-order valence-corrected chi connectivity index (χ4v) is 5.22. The smallest absolute Gasteiger partial charge is 0.224 e. The fraction of sp³-hybridized carbons (Fsp3) is 0.565. The second-order valence-electron chi connectivity index (χ2n) is 8.88. The molecular weight excluding hydrogens is 350 g/mol. The standard InChI is InChI=1S/C23H31N3O2/c1-16(27)15-24-21-10-9-18-19(25-21)7-2-8-20(18)26-22(28)14-23-11-3-5-17(13-23)6-4-12-23/h2,7-10,16-17,27H,3-6,11-15H2,1H3,(H,24,25)(H,26,28)/t16-,17?,23?/m0/s1. The predicted octanol–water partition coefficient (Wildman–Crippen LogP) is 4.72. The van der Waals surface area contributed by atoms with Gasteiger partial charge in [0.2, 0.25) is 5.91 Å². The van der Waals surface area contributed by atoms with Crippen LogP contribution >= 0.6 is 0 Å². The number of rotatable bonds is 6. The Hall–Kier alpha value is -2.14. The number of carbonyl (C=O) groups is 1. The lowest BCUT2D eigenvalue weighted by molar-refractivity contribution is -0.120. The molecule has 3 N–H and O–H groups in total. The summed E-state index contributed by atoms with van der Waals surface area (Å²) in [5.41, 5.74) is 1.89. The Bertz CT molecular complexity index is 839. The minimum Gasteiger partial charge on any atom is -0.392 e. The van der Waals surface area contributed by atoms with Gasteiger partial charge in [-0.25, -0.2) is 4.98 Å². The Kier molecular flexibility index (Phi) is 5.54. The summed E-state index contributed by atoms with van der Waals surface area (Å²) in [4.78, 5) is 17.5. The molecule has 2 fully saturated rings. The summed E-state index contributed by atoms with van der Waals surface area (Å²) >= 11 is 0. The van der Waals surface area contributed by atoms with Gasteiger partial charge in [0.05, 0.1) is 17.3 Å². The molecule has 2 aliphatic rings. The van der Waals surface area contributed by atoms with E-state index in [-0.39, 0.29) is 11.3 Å². The number of hydrogen-bond acceptors (Lipinski definition) is 4. The zero-order chi connectivity index (χ0) is 19.6. The largest absolute Gasteiger partial charge is 0.392 e. The summed E-state index contributed by atoms with van der Waals surface area (Å²) in [7, 11) is 0. The third kappa shape index (κ3) is 4.30. The Labute approximate surface area is 166 Å². The SMILES string of the molecule is C[C@H](O)CNc1ccc2c(NC(=O)CC34CCCC(CCC3)C4)cccc2n1. The average molecular weight is 382 g/mol. The van der Waals surface area contributed by atoms with E-state index in [9.17, 15) is 9.90 Å². The van der Waals surface area contributed by atoms with E-state index in [0.29, 0.717) is 13.0 Å². The third-order valence-electron chi connectivity index (χ3n) is 6.48. The maximum absolute atomic E-state index is 12.9. The Balaban J connectivity index is 1.47. The van der Waals surface area contributed by atoms with Crippen LogP contribution in [0.15, 0.2) is 30.3 Å². The third-order valence-corrected chi connectivity index (χ3v) is 6.48. The summed E-state index contributed by atoms with van der Waals surface area (Å²) in [5.74, 6) is 1.70. The topological polar surface area (TPSA) is 74.2 Å². The van der Waals surface area contributed by atoms with Gasteiger partial charge in [-0.3, -0.25) is 4.79 Å². The van der Waals surface area contributed by atoms with Gasteiger partial charge >= 0.3 is 0 Å². The van der Waals surface area contributed by atoms with Crippen molar-refractivity contribution in [1.82, 2.24) is 4.98 Å². The molecule has 2 aromatic rings. The molecule has 0 unspecified atom stereocenters. The van der Waals surface area contributed by atoms with Crippen molar-refractivity contribution >= 4 is 28.3 Å². The molecule has 1 aromatic heterocycles. The first-order chi connectivity index (χ1) is 13.5. The molecule has 0 radical (unpaired) electrons. The average Bonchev–Trinajstić information content (AvgIpc) is 2.66. The van der Waals surface area contributed by atoms with Gasteiger partial charge in [-0.05, 0) is 61.8 Å². The van der Waals surface area contributed by atoms with Crippen molar-refractivity contribution < 1.29 is 9.90 Å². The molecule has 5 heteroatoms. The number of nitrogens with zero attached hydrogens (tertiary/aromatic N) is 1. The van der Waals surface area contributed by atoms with E-state index in [1.807, 2.05) is 30.3 Å². The molecule has 0 spiro atoms. The molecule has 1 aromatic carbocycles. The molecule has 4 rings (SSSR count). The number of aromatic nitrogens is 1. The molecule has 0 aliphatic heterocycles. The molecule has 1 heterocycles. The summed E-state index contributed by atoms with van der Waals surface area (Å²) in [6, 6.07) is 9.71. The molecule has 2 saturated carbocycles. The molecule has 5 nitrogen and oxygen atoms in total. The van der Waals surface area contributed by atoms with Gasteiger partial charge in [0.1, 0.15) is 5.82 Å². The highest BCUT2D eigenvalue weighted by Crippen LogP contribution is 2.51. The number of pyridine rings is 1. The number of fused-ring (bicyclic) bond motifs is 3. The number of hydrogen-bond donors (Lipinski definition) is 3. The number of aliphatic hydroxyl groups is 1. The second kappa shape index (κ2) is 8.08. The highest BCUT2D eigenvalue weighted by molar-refractivity contribution is 6.01. The molecule has 1 amide bonds. The van der Waals surface area contributed by atoms with Crippen LogP contribution in [0.4, 0.5) is 11.5 Å². The first-order valence-electron chi connectivity index (χ1n) is 10.6. The van der Waals surface area contributed by atoms with Crippen molar-refractivity contribution in [3.05, 3.63) is 30.3 Å². The van der Waals surface area contributed by atoms with Crippen LogP contribution in [0.2, 0.25) is 0 Å². The number of aliphatic hydroxyl groups excluding tert-OH is 1. The van der Waals surface area contributed by atoms with Gasteiger partial charge < -0.3 is 15.7 Å². The number of amides is 1. The van der Waals surface area contributed by atoms with E-state index in [1.54, 1.807) is 6.92 Å². The number of carbonyl (C=O) groups excluding carboxylic acids is 1. The lowest BCUT2D eigenvalue weighted by atomic mass is 9.60. The monoisotopic (exact) mass is 381 g/mol. The van der Waals surface area contributed by atoms with Crippen LogP contribution in [-0.4, -0.2) is 28.6 Å². The summed E-state index contributed by atoms with van der Waals surface area (Å²) in [5, 5.41) is 16.7. The Morgan fingerprint density at radius 1 is 1.25 bits per heavy atom. The zero-order valence-corrected chi connectivity index (χ0v) is 16.7. The van der Waals surface area contributed by atoms with Crippen molar-refractivity contribution in [2.45, 2.75) is 64.4 Å². The lowest BCUT2D eigenvalue weighted by Gasteiger charge is -2.45. The van der Waals surface area contributed by atoms with Crippen molar-refractivity contribution in [3.8, 4) is 0 Å². The number of nitrogens with one attached hydrogen (secondary N) is 2. The van der Waals surface area contributed by atoms with Crippen LogP contribution in [0, 0.1) is 11.3 Å². The van der Waals surface area contributed by atoms with Gasteiger partial charge in [-0.15, -0.1) is 0 Å². The van der Waals surface area contributed by atoms with Gasteiger partial charge in [-0.2, -0.15) is 0 Å². The van der Waals surface area contributed by atoms with E-state index < -0.39 is 6.10 Å². The fourth-order valence-electron chi connectivity index (χ4n) is 5.22. The van der Waals surface area contributed by atoms with Crippen LogP contribution in [0.3, 0.4) is 0 Å². The van der Waals surface area contributed by atoms with E-state index in [0.717, 1.165) is 28.3 Å². The van der Waals surface area contributed by atoms with E-state index in [1.165, 1.54) is 44.9 Å². The molecule has 28 heavy (non-hydrogen) atoms. The highest BCUT2D eigenvalue weighted by Gasteiger charge is 2.40. The molecule has 2 bridgehead atoms. The van der Waals surface area contributed by atoms with Gasteiger partial charge in [-0.1, -0.05) is 31.7 Å². The van der Waals surface area contributed by atoms with Crippen LogP contribution in [0.25, 0.3) is 10.9 Å². The summed E-state index contributed by atoms with van der Waals surface area (Å²) < 4.78 is 0. The number of anilines is 2. The minimum absolute atomic E-state index is 0.131. The molecule has 150 valence electrons. The van der Waals surface area contributed by atoms with Gasteiger partial charge in [0, 0.05) is 18.4 Å². The van der Waals surface area contributed by atoms with Crippen LogP contribution in [-0.2, 0) is 4.79 Å². The van der Waals surface area contributed by atoms with E-state index in [2.05, 4.69) is 15.6 Å². The molecular formula is C23H31N3O2. The predicted molar refractivity (Wildman–Crippen MR) is 113 cm³/mol. The van der Waals surface area contributed by atoms with Gasteiger partial charge in [0.15, 0.2) is 0 Å². The first kappa shape index (κ1) is 19.2. The minimum atomic E-state index is -0.429. The first-order valence-corrected chi connectivity index (χ1v) is 10.6. The maximum Gasteiger partial charge on any atom is 0.224 e. The lowest BCUT2D eigenvalue weighted by Crippen LogP contribution is -2.36. The van der Waals surface area contributed by atoms with E-state index >= 15 is 0 Å².